The summed E-state index contributed by atoms with van der Waals surface area (Å²) in [6.45, 7) is 0. The van der Waals surface area contributed by atoms with Crippen LogP contribution in [0.15, 0.2) is 36.4 Å². The van der Waals surface area contributed by atoms with Crippen molar-refractivity contribution in [1.82, 2.24) is 0 Å². The van der Waals surface area contributed by atoms with E-state index in [-0.39, 0.29) is 5.69 Å². The molecule has 0 unspecified atom stereocenters. The molecule has 2 rings (SSSR count). The highest BCUT2D eigenvalue weighted by molar-refractivity contribution is 6.38. The molecule has 2 aromatic rings. The van der Waals surface area contributed by atoms with Gasteiger partial charge in [-0.3, -0.25) is 10.1 Å². The maximum Gasteiger partial charge on any atom is 0.270 e. The third-order valence-electron chi connectivity index (χ3n) is 2.38. The van der Waals surface area contributed by atoms with Gasteiger partial charge in [0.15, 0.2) is 0 Å². The minimum atomic E-state index is -0.482. The molecule has 92 valence electrons. The van der Waals surface area contributed by atoms with Crippen LogP contribution < -0.4 is 0 Å². The van der Waals surface area contributed by atoms with Crippen molar-refractivity contribution in [3.05, 3.63) is 61.6 Å². The number of hydrogen-bond donors (Lipinski definition) is 0. The Balaban J connectivity index is 2.62. The number of non-ortho nitro benzene ring substituents is 1. The summed E-state index contributed by atoms with van der Waals surface area (Å²) in [6.07, 6.45) is 0. The largest absolute Gasteiger partial charge is 0.270 e. The molecule has 18 heavy (non-hydrogen) atoms. The summed E-state index contributed by atoms with van der Waals surface area (Å²) in [4.78, 5) is 10.3. The number of nitro groups is 1. The molecular formula is C12H6Cl3NO2. The van der Waals surface area contributed by atoms with Gasteiger partial charge in [0, 0.05) is 38.3 Å². The highest BCUT2D eigenvalue weighted by Crippen LogP contribution is 2.36. The van der Waals surface area contributed by atoms with Crippen LogP contribution in [0.2, 0.25) is 15.1 Å². The molecule has 2 aromatic carbocycles. The summed E-state index contributed by atoms with van der Waals surface area (Å²) in [7, 11) is 0. The second kappa shape index (κ2) is 5.14. The number of nitrogens with zero attached hydrogens (tertiary/aromatic N) is 1. The summed E-state index contributed by atoms with van der Waals surface area (Å²) in [6, 6.07) is 9.09. The van der Waals surface area contributed by atoms with Crippen LogP contribution in [0.3, 0.4) is 0 Å². The van der Waals surface area contributed by atoms with Crippen molar-refractivity contribution in [2.24, 2.45) is 0 Å². The number of hydrogen-bond acceptors (Lipinski definition) is 2. The Bertz CT molecular complexity index is 629. The van der Waals surface area contributed by atoms with E-state index in [1.807, 2.05) is 0 Å². The molecule has 0 saturated carbocycles. The lowest BCUT2D eigenvalue weighted by atomic mass is 10.1. The van der Waals surface area contributed by atoms with Gasteiger partial charge in [0.25, 0.3) is 5.69 Å². The molecule has 0 bridgehead atoms. The zero-order chi connectivity index (χ0) is 13.3. The zero-order valence-corrected chi connectivity index (χ0v) is 11.1. The molecule has 0 fully saturated rings. The Morgan fingerprint density at radius 2 is 1.61 bits per heavy atom. The van der Waals surface area contributed by atoms with E-state index in [9.17, 15) is 10.1 Å². The first kappa shape index (κ1) is 13.1. The van der Waals surface area contributed by atoms with Crippen molar-refractivity contribution in [1.29, 1.82) is 0 Å². The summed E-state index contributed by atoms with van der Waals surface area (Å²) in [5, 5.41) is 12.0. The molecule has 0 aromatic heterocycles. The van der Waals surface area contributed by atoms with Crippen LogP contribution in [0.5, 0.6) is 0 Å². The van der Waals surface area contributed by atoms with E-state index < -0.39 is 4.92 Å². The predicted octanol–water partition coefficient (Wildman–Crippen LogP) is 5.22. The van der Waals surface area contributed by atoms with Gasteiger partial charge in [0.05, 0.1) is 4.92 Å². The van der Waals surface area contributed by atoms with E-state index in [4.69, 9.17) is 34.8 Å². The number of halogens is 3. The number of nitro benzene ring substituents is 1. The van der Waals surface area contributed by atoms with Gasteiger partial charge in [-0.15, -0.1) is 0 Å². The summed E-state index contributed by atoms with van der Waals surface area (Å²) in [5.74, 6) is 0. The molecule has 0 heterocycles. The van der Waals surface area contributed by atoms with Gasteiger partial charge >= 0.3 is 0 Å². The number of benzene rings is 2. The van der Waals surface area contributed by atoms with Gasteiger partial charge in [-0.25, -0.2) is 0 Å². The SMILES string of the molecule is O=[N+]([O-])c1ccc(Cl)c(-c2ccc(Cl)cc2Cl)c1. The van der Waals surface area contributed by atoms with Crippen molar-refractivity contribution in [2.75, 3.05) is 0 Å². The fourth-order valence-corrected chi connectivity index (χ4v) is 2.27. The molecule has 0 radical (unpaired) electrons. The Kier molecular flexibility index (Phi) is 3.76. The van der Waals surface area contributed by atoms with Crippen LogP contribution in [0.25, 0.3) is 11.1 Å². The Morgan fingerprint density at radius 1 is 0.889 bits per heavy atom. The van der Waals surface area contributed by atoms with Gasteiger partial charge in [-0.1, -0.05) is 40.9 Å². The van der Waals surface area contributed by atoms with Gasteiger partial charge in [0.1, 0.15) is 0 Å². The second-order valence-electron chi connectivity index (χ2n) is 3.55. The van der Waals surface area contributed by atoms with Crippen molar-refractivity contribution in [2.45, 2.75) is 0 Å². The normalized spacial score (nSPS) is 10.4. The Hall–Kier alpha value is -1.29. The molecule has 0 spiro atoms. The average molecular weight is 303 g/mol. The molecule has 0 aliphatic rings. The average Bonchev–Trinajstić information content (AvgIpc) is 2.30. The van der Waals surface area contributed by atoms with Gasteiger partial charge in [0.2, 0.25) is 0 Å². The van der Waals surface area contributed by atoms with Crippen LogP contribution in [-0.2, 0) is 0 Å². The van der Waals surface area contributed by atoms with E-state index >= 15 is 0 Å². The maximum absolute atomic E-state index is 10.7. The zero-order valence-electron chi connectivity index (χ0n) is 8.86. The fraction of sp³-hybridized carbons (Fsp3) is 0. The first-order valence-electron chi connectivity index (χ1n) is 4.88. The van der Waals surface area contributed by atoms with E-state index in [0.717, 1.165) is 0 Å². The third kappa shape index (κ3) is 2.58. The van der Waals surface area contributed by atoms with E-state index in [0.29, 0.717) is 26.2 Å². The van der Waals surface area contributed by atoms with Crippen molar-refractivity contribution in [3.8, 4) is 11.1 Å². The molecule has 0 atom stereocenters. The number of rotatable bonds is 2. The van der Waals surface area contributed by atoms with Gasteiger partial charge in [-0.2, -0.15) is 0 Å². The monoisotopic (exact) mass is 301 g/mol. The van der Waals surface area contributed by atoms with E-state index in [1.54, 1.807) is 18.2 Å². The lowest BCUT2D eigenvalue weighted by Gasteiger charge is -2.07. The standard InChI is InChI=1S/C12H6Cl3NO2/c13-7-1-3-9(12(15)5-7)10-6-8(16(17)18)2-4-11(10)14/h1-6H. The predicted molar refractivity (Wildman–Crippen MR) is 73.6 cm³/mol. The van der Waals surface area contributed by atoms with Crippen molar-refractivity contribution in [3.63, 3.8) is 0 Å². The van der Waals surface area contributed by atoms with Crippen LogP contribution in [0.4, 0.5) is 5.69 Å². The lowest BCUT2D eigenvalue weighted by Crippen LogP contribution is -1.89. The quantitative estimate of drug-likeness (QED) is 0.563. The third-order valence-corrected chi connectivity index (χ3v) is 3.26. The molecule has 6 heteroatoms. The first-order valence-corrected chi connectivity index (χ1v) is 6.02. The van der Waals surface area contributed by atoms with E-state index in [1.165, 1.54) is 18.2 Å². The van der Waals surface area contributed by atoms with Crippen LogP contribution in [0.1, 0.15) is 0 Å². The van der Waals surface area contributed by atoms with Crippen molar-refractivity contribution >= 4 is 40.5 Å². The molecular weight excluding hydrogens is 296 g/mol. The molecule has 3 nitrogen and oxygen atoms in total. The molecule has 0 aliphatic carbocycles. The van der Waals surface area contributed by atoms with Crippen molar-refractivity contribution < 1.29 is 4.92 Å². The topological polar surface area (TPSA) is 43.1 Å². The highest BCUT2D eigenvalue weighted by atomic mass is 35.5. The van der Waals surface area contributed by atoms with Crippen LogP contribution in [-0.4, -0.2) is 4.92 Å². The molecule has 0 amide bonds. The lowest BCUT2D eigenvalue weighted by molar-refractivity contribution is -0.384. The summed E-state index contributed by atoms with van der Waals surface area (Å²) < 4.78 is 0. The second-order valence-corrected chi connectivity index (χ2v) is 4.80. The van der Waals surface area contributed by atoms with Gasteiger partial charge < -0.3 is 0 Å². The highest BCUT2D eigenvalue weighted by Gasteiger charge is 2.13. The van der Waals surface area contributed by atoms with Gasteiger partial charge in [-0.05, 0) is 18.2 Å². The Labute approximate surface area is 118 Å². The van der Waals surface area contributed by atoms with Crippen LogP contribution >= 0.6 is 34.8 Å². The fourth-order valence-electron chi connectivity index (χ4n) is 1.54. The smallest absolute Gasteiger partial charge is 0.258 e. The molecule has 0 aliphatic heterocycles. The first-order chi connectivity index (χ1) is 8.49. The Morgan fingerprint density at radius 3 is 2.22 bits per heavy atom. The summed E-state index contributed by atoms with van der Waals surface area (Å²) in [5.41, 5.74) is 1.07. The molecule has 0 saturated heterocycles. The minimum Gasteiger partial charge on any atom is -0.258 e. The minimum absolute atomic E-state index is 0.0413. The maximum atomic E-state index is 10.7. The summed E-state index contributed by atoms with van der Waals surface area (Å²) >= 11 is 17.9. The molecule has 0 N–H and O–H groups in total. The van der Waals surface area contributed by atoms with E-state index in [2.05, 4.69) is 0 Å². The van der Waals surface area contributed by atoms with Crippen LogP contribution in [0, 0.1) is 10.1 Å².